The Kier molecular flexibility index (Phi) is 5.81. The molecule has 0 aliphatic carbocycles. The molecule has 0 N–H and O–H groups in total. The van der Waals surface area contributed by atoms with E-state index in [1.807, 2.05) is 63.2 Å². The molecule has 1 aliphatic rings. The fourth-order valence-corrected chi connectivity index (χ4v) is 6.19. The van der Waals surface area contributed by atoms with Gasteiger partial charge in [-0.1, -0.05) is 42.0 Å². The van der Waals surface area contributed by atoms with Gasteiger partial charge in [0.05, 0.1) is 10.6 Å². The second-order valence-electron chi connectivity index (χ2n) is 8.21. The first kappa shape index (κ1) is 21.5. The highest BCUT2D eigenvalue weighted by molar-refractivity contribution is 7.89. The van der Waals surface area contributed by atoms with Crippen LogP contribution < -0.4 is 4.90 Å². The third-order valence-electron chi connectivity index (χ3n) is 5.84. The fourth-order valence-electron chi connectivity index (χ4n) is 4.36. The second kappa shape index (κ2) is 8.40. The zero-order chi connectivity index (χ0) is 22.2. The summed E-state index contributed by atoms with van der Waals surface area (Å²) in [6, 6.07) is 15.9. The molecule has 0 radical (unpaired) electrons. The van der Waals surface area contributed by atoms with Gasteiger partial charge < -0.3 is 4.90 Å². The maximum atomic E-state index is 13.3. The maximum Gasteiger partial charge on any atom is 0.243 e. The van der Waals surface area contributed by atoms with Gasteiger partial charge in [-0.15, -0.1) is 10.2 Å². The predicted octanol–water partition coefficient (Wildman–Crippen LogP) is 3.89. The molecule has 0 bridgehead atoms. The predicted molar refractivity (Wildman–Crippen MR) is 124 cm³/mol. The monoisotopic (exact) mass is 436 g/mol. The molecule has 4 rings (SSSR count). The first-order valence-corrected chi connectivity index (χ1v) is 11.9. The van der Waals surface area contributed by atoms with Crippen LogP contribution in [0.25, 0.3) is 11.3 Å². The summed E-state index contributed by atoms with van der Waals surface area (Å²) in [7, 11) is -3.52. The zero-order valence-electron chi connectivity index (χ0n) is 18.5. The van der Waals surface area contributed by atoms with Crippen LogP contribution in [0, 0.1) is 27.7 Å². The van der Waals surface area contributed by atoms with E-state index in [0.29, 0.717) is 31.1 Å². The molecule has 1 aromatic heterocycles. The maximum absolute atomic E-state index is 13.3. The van der Waals surface area contributed by atoms with Crippen molar-refractivity contribution >= 4 is 15.8 Å². The van der Waals surface area contributed by atoms with Crippen LogP contribution in [0.3, 0.4) is 0 Å². The highest BCUT2D eigenvalue weighted by Gasteiger charge is 2.31. The van der Waals surface area contributed by atoms with Gasteiger partial charge in [-0.3, -0.25) is 0 Å². The zero-order valence-corrected chi connectivity index (χ0v) is 19.3. The van der Waals surface area contributed by atoms with E-state index < -0.39 is 10.0 Å². The fraction of sp³-hybridized carbons (Fsp3) is 0.333. The summed E-state index contributed by atoms with van der Waals surface area (Å²) >= 11 is 0. The lowest BCUT2D eigenvalue weighted by Gasteiger charge is -2.35. The van der Waals surface area contributed by atoms with Crippen LogP contribution >= 0.6 is 0 Å². The van der Waals surface area contributed by atoms with Crippen LogP contribution in [-0.2, 0) is 10.0 Å². The van der Waals surface area contributed by atoms with Crippen molar-refractivity contribution in [1.82, 2.24) is 14.5 Å². The highest BCUT2D eigenvalue weighted by Crippen LogP contribution is 2.27. The average molecular weight is 437 g/mol. The number of benzene rings is 2. The van der Waals surface area contributed by atoms with E-state index in [4.69, 9.17) is 0 Å². The SMILES string of the molecule is Cc1cc(C)c(S(=O)(=O)N2CCN(c3ccc(-c4ccccc4C)nn3)CC2)c(C)c1. The van der Waals surface area contributed by atoms with Gasteiger partial charge in [0.1, 0.15) is 0 Å². The number of piperazine rings is 1. The molecule has 31 heavy (non-hydrogen) atoms. The Morgan fingerprint density at radius 3 is 2.00 bits per heavy atom. The minimum atomic E-state index is -3.52. The second-order valence-corrected chi connectivity index (χ2v) is 10.1. The molecule has 6 nitrogen and oxygen atoms in total. The molecule has 2 heterocycles. The number of aromatic nitrogens is 2. The van der Waals surface area contributed by atoms with Gasteiger partial charge in [0.25, 0.3) is 0 Å². The van der Waals surface area contributed by atoms with E-state index in [1.165, 1.54) is 0 Å². The summed E-state index contributed by atoms with van der Waals surface area (Å²) in [5.74, 6) is 0.775. The van der Waals surface area contributed by atoms with Crippen molar-refractivity contribution < 1.29 is 8.42 Å². The lowest BCUT2D eigenvalue weighted by Crippen LogP contribution is -2.49. The van der Waals surface area contributed by atoms with E-state index in [1.54, 1.807) is 4.31 Å². The molecule has 1 fully saturated rings. The van der Waals surface area contributed by atoms with Crippen LogP contribution in [0.5, 0.6) is 0 Å². The standard InChI is InChI=1S/C24H28N4O2S/c1-17-15-19(3)24(20(4)16-17)31(29,30)28-13-11-27(12-14-28)23-10-9-22(25-26-23)21-8-6-5-7-18(21)2/h5-10,15-16H,11-14H2,1-4H3. The van der Waals surface area contributed by atoms with E-state index >= 15 is 0 Å². The van der Waals surface area contributed by atoms with Gasteiger partial charge in [0, 0.05) is 31.7 Å². The van der Waals surface area contributed by atoms with Crippen molar-refractivity contribution in [2.75, 3.05) is 31.1 Å². The molecule has 0 amide bonds. The largest absolute Gasteiger partial charge is 0.352 e. The summed E-state index contributed by atoms with van der Waals surface area (Å²) < 4.78 is 28.2. The third kappa shape index (κ3) is 4.20. The Labute approximate surface area is 184 Å². The number of anilines is 1. The first-order chi connectivity index (χ1) is 14.8. The molecule has 0 spiro atoms. The van der Waals surface area contributed by atoms with E-state index in [-0.39, 0.29) is 0 Å². The van der Waals surface area contributed by atoms with E-state index in [9.17, 15) is 8.42 Å². The number of rotatable bonds is 4. The first-order valence-electron chi connectivity index (χ1n) is 10.5. The van der Waals surface area contributed by atoms with Crippen molar-refractivity contribution in [3.05, 3.63) is 70.8 Å². The minimum absolute atomic E-state index is 0.427. The number of aryl methyl sites for hydroxylation is 4. The van der Waals surface area contributed by atoms with Crippen LogP contribution in [0.4, 0.5) is 5.82 Å². The lowest BCUT2D eigenvalue weighted by molar-refractivity contribution is 0.383. The summed E-state index contributed by atoms with van der Waals surface area (Å²) in [4.78, 5) is 2.53. The summed E-state index contributed by atoms with van der Waals surface area (Å²) in [6.45, 7) is 9.81. The molecule has 1 saturated heterocycles. The summed E-state index contributed by atoms with van der Waals surface area (Å²) in [6.07, 6.45) is 0. The third-order valence-corrected chi connectivity index (χ3v) is 8.04. The molecule has 7 heteroatoms. The number of nitrogens with zero attached hydrogens (tertiary/aromatic N) is 4. The van der Waals surface area contributed by atoms with Crippen molar-refractivity contribution in [2.24, 2.45) is 0 Å². The Morgan fingerprint density at radius 2 is 1.42 bits per heavy atom. The Bertz CT molecular complexity index is 1180. The number of hydrogen-bond donors (Lipinski definition) is 0. The Balaban J connectivity index is 1.48. The molecular formula is C24H28N4O2S. The van der Waals surface area contributed by atoms with Gasteiger partial charge in [0.15, 0.2) is 5.82 Å². The van der Waals surface area contributed by atoms with Gasteiger partial charge in [-0.25, -0.2) is 8.42 Å². The molecule has 0 saturated carbocycles. The summed E-state index contributed by atoms with van der Waals surface area (Å²) in [5, 5.41) is 8.82. The highest BCUT2D eigenvalue weighted by atomic mass is 32.2. The number of sulfonamides is 1. The van der Waals surface area contributed by atoms with Gasteiger partial charge in [-0.2, -0.15) is 4.31 Å². The minimum Gasteiger partial charge on any atom is -0.352 e. The van der Waals surface area contributed by atoms with Crippen molar-refractivity contribution in [2.45, 2.75) is 32.6 Å². The Morgan fingerprint density at radius 1 is 0.774 bits per heavy atom. The van der Waals surface area contributed by atoms with Gasteiger partial charge in [-0.05, 0) is 56.5 Å². The molecular weight excluding hydrogens is 408 g/mol. The summed E-state index contributed by atoms with van der Waals surface area (Å²) in [5.41, 5.74) is 5.75. The molecule has 0 atom stereocenters. The van der Waals surface area contributed by atoms with Crippen LogP contribution in [0.15, 0.2) is 53.4 Å². The van der Waals surface area contributed by atoms with Crippen molar-refractivity contribution in [3.8, 4) is 11.3 Å². The van der Waals surface area contributed by atoms with E-state index in [2.05, 4.69) is 28.1 Å². The Hall–Kier alpha value is -2.77. The van der Waals surface area contributed by atoms with Crippen LogP contribution in [0.1, 0.15) is 22.3 Å². The molecule has 162 valence electrons. The molecule has 0 unspecified atom stereocenters. The van der Waals surface area contributed by atoms with Crippen LogP contribution in [0.2, 0.25) is 0 Å². The number of hydrogen-bond acceptors (Lipinski definition) is 5. The molecule has 1 aliphatic heterocycles. The molecule has 2 aromatic carbocycles. The smallest absolute Gasteiger partial charge is 0.243 e. The van der Waals surface area contributed by atoms with E-state index in [0.717, 1.165) is 39.3 Å². The van der Waals surface area contributed by atoms with Crippen molar-refractivity contribution in [1.29, 1.82) is 0 Å². The quantitative estimate of drug-likeness (QED) is 0.621. The van der Waals surface area contributed by atoms with Crippen molar-refractivity contribution in [3.63, 3.8) is 0 Å². The lowest BCUT2D eigenvalue weighted by atomic mass is 10.1. The van der Waals surface area contributed by atoms with Crippen LogP contribution in [-0.4, -0.2) is 49.1 Å². The van der Waals surface area contributed by atoms with Gasteiger partial charge >= 0.3 is 0 Å². The normalized spacial score (nSPS) is 15.3. The average Bonchev–Trinajstić information content (AvgIpc) is 2.73. The topological polar surface area (TPSA) is 66.4 Å². The molecule has 3 aromatic rings. The van der Waals surface area contributed by atoms with Gasteiger partial charge in [0.2, 0.25) is 10.0 Å².